The van der Waals surface area contributed by atoms with Crippen LogP contribution in [0.5, 0.6) is 11.6 Å². The maximum atomic E-state index is 12.7. The highest BCUT2D eigenvalue weighted by molar-refractivity contribution is 7.92. The van der Waals surface area contributed by atoms with E-state index in [4.69, 9.17) is 0 Å². The third-order valence-corrected chi connectivity index (χ3v) is 9.42. The normalized spacial score (nSPS) is 15.1. The lowest BCUT2D eigenvalue weighted by Crippen LogP contribution is -2.43. The van der Waals surface area contributed by atoms with E-state index in [9.17, 15) is 28.5 Å². The van der Waals surface area contributed by atoms with E-state index in [1.165, 1.54) is 24.3 Å². The first-order valence-electron chi connectivity index (χ1n) is 13.2. The lowest BCUT2D eigenvalue weighted by Gasteiger charge is -2.34. The van der Waals surface area contributed by atoms with Crippen molar-refractivity contribution >= 4 is 32.7 Å². The van der Waals surface area contributed by atoms with Gasteiger partial charge in [0, 0.05) is 37.8 Å². The predicted molar refractivity (Wildman–Crippen MR) is 159 cm³/mol. The van der Waals surface area contributed by atoms with E-state index in [1.807, 2.05) is 24.3 Å². The molecule has 0 amide bonds. The van der Waals surface area contributed by atoms with Gasteiger partial charge >= 0.3 is 4.87 Å². The monoisotopic (exact) mass is 596 g/mol. The number of aromatic nitrogens is 1. The number of hydrogen-bond acceptors (Lipinski definition) is 9. The van der Waals surface area contributed by atoms with Crippen LogP contribution < -0.4 is 19.8 Å². The Kier molecular flexibility index (Phi) is 8.64. The minimum Gasteiger partial charge on any atom is -0.506 e. The lowest BCUT2D eigenvalue weighted by molar-refractivity contribution is 0.167. The minimum atomic E-state index is -3.89. The highest BCUT2D eigenvalue weighted by Gasteiger charge is 2.22. The fourth-order valence-electron chi connectivity index (χ4n) is 4.87. The molecule has 0 spiro atoms. The first kappa shape index (κ1) is 28.7. The summed E-state index contributed by atoms with van der Waals surface area (Å²) in [6.07, 6.45) is 1.37. The fourth-order valence-corrected chi connectivity index (χ4v) is 6.71. The zero-order valence-corrected chi connectivity index (χ0v) is 23.8. The van der Waals surface area contributed by atoms with Crippen LogP contribution in [0.2, 0.25) is 0 Å². The molecule has 4 aromatic rings. The molecule has 1 saturated heterocycles. The topological polar surface area (TPSA) is 155 Å². The van der Waals surface area contributed by atoms with Gasteiger partial charge in [-0.1, -0.05) is 47.7 Å². The average molecular weight is 597 g/mol. The summed E-state index contributed by atoms with van der Waals surface area (Å²) in [5, 5.41) is 34.2. The number of phenols is 1. The third kappa shape index (κ3) is 7.09. The van der Waals surface area contributed by atoms with Crippen molar-refractivity contribution in [2.24, 2.45) is 0 Å². The Morgan fingerprint density at radius 2 is 1.71 bits per heavy atom. The zero-order chi connectivity index (χ0) is 29.0. The van der Waals surface area contributed by atoms with Crippen LogP contribution in [0.15, 0.2) is 82.5 Å². The van der Waals surface area contributed by atoms with Gasteiger partial charge < -0.3 is 25.5 Å². The summed E-state index contributed by atoms with van der Waals surface area (Å²) < 4.78 is 27.8. The number of piperidine rings is 1. The number of aliphatic hydroxyl groups excluding tert-OH is 1. The zero-order valence-electron chi connectivity index (χ0n) is 22.2. The molecule has 1 aliphatic heterocycles. The van der Waals surface area contributed by atoms with Crippen molar-refractivity contribution in [1.82, 2.24) is 10.3 Å². The fraction of sp³-hybridized carbons (Fsp3) is 0.276. The molecule has 1 atom stereocenters. The van der Waals surface area contributed by atoms with Crippen LogP contribution >= 0.6 is 11.3 Å². The number of nitrogens with one attached hydrogen (secondary N) is 3. The number of thiazole rings is 1. The Morgan fingerprint density at radius 3 is 2.37 bits per heavy atom. The average Bonchev–Trinajstić information content (AvgIpc) is 3.29. The maximum absolute atomic E-state index is 12.7. The van der Waals surface area contributed by atoms with Crippen LogP contribution in [-0.4, -0.2) is 54.4 Å². The van der Waals surface area contributed by atoms with Gasteiger partial charge in [0.05, 0.1) is 21.6 Å². The Morgan fingerprint density at radius 1 is 1.00 bits per heavy atom. The molecule has 3 aromatic carbocycles. The first-order chi connectivity index (χ1) is 19.7. The Balaban J connectivity index is 1.12. The van der Waals surface area contributed by atoms with Crippen molar-refractivity contribution in [2.75, 3.05) is 29.3 Å². The van der Waals surface area contributed by atoms with Crippen LogP contribution in [-0.2, 0) is 16.4 Å². The number of anilines is 2. The van der Waals surface area contributed by atoms with Crippen molar-refractivity contribution in [3.63, 3.8) is 0 Å². The summed E-state index contributed by atoms with van der Waals surface area (Å²) in [5.74, 6) is -0.295. The van der Waals surface area contributed by atoms with Crippen LogP contribution in [0.3, 0.4) is 0 Å². The summed E-state index contributed by atoms with van der Waals surface area (Å²) in [4.78, 5) is 16.5. The largest absolute Gasteiger partial charge is 0.506 e. The molecule has 5 rings (SSSR count). The molecule has 10 nitrogen and oxygen atoms in total. The molecule has 1 unspecified atom stereocenters. The van der Waals surface area contributed by atoms with E-state index >= 15 is 0 Å². The first-order valence-corrected chi connectivity index (χ1v) is 15.5. The van der Waals surface area contributed by atoms with Crippen molar-refractivity contribution in [3.8, 4) is 11.6 Å². The number of rotatable bonds is 10. The lowest BCUT2D eigenvalue weighted by atomic mass is 10.0. The Bertz CT molecular complexity index is 1630. The molecule has 0 bridgehead atoms. The van der Waals surface area contributed by atoms with Gasteiger partial charge in [-0.15, -0.1) is 0 Å². The van der Waals surface area contributed by atoms with Gasteiger partial charge in [-0.25, -0.2) is 8.42 Å². The maximum Gasteiger partial charge on any atom is 0.307 e. The van der Waals surface area contributed by atoms with E-state index < -0.39 is 16.1 Å². The minimum absolute atomic E-state index is 0.00501. The van der Waals surface area contributed by atoms with Gasteiger partial charge in [0.15, 0.2) is 0 Å². The number of benzene rings is 3. The van der Waals surface area contributed by atoms with Gasteiger partial charge in [0.25, 0.3) is 10.0 Å². The van der Waals surface area contributed by atoms with Crippen LogP contribution in [0.1, 0.15) is 34.9 Å². The third-order valence-electron chi connectivity index (χ3n) is 7.16. The number of aromatic amines is 1. The number of hydrogen-bond donors (Lipinski definition) is 6. The molecule has 12 heteroatoms. The summed E-state index contributed by atoms with van der Waals surface area (Å²) in [5.41, 5.74) is 2.60. The number of sulfonamides is 1. The van der Waals surface area contributed by atoms with Gasteiger partial charge in [0.1, 0.15) is 5.75 Å². The standard InChI is InChI=1S/C29H32N4O6S2/c34-25-11-8-20(17-24(25)32-41(38,39)23-4-2-1-3-5-23)26(35)18-30-21-12-14-33(15-13-21)22-9-6-19(7-10-22)16-27-28(36)31-29(37)40-27/h1-11,17,21,26,30,32,34-36H,12-16,18H2,(H,31,37). The Labute approximate surface area is 242 Å². The number of aliphatic hydroxyl groups is 1. The highest BCUT2D eigenvalue weighted by Crippen LogP contribution is 2.30. The summed E-state index contributed by atoms with van der Waals surface area (Å²) >= 11 is 1.01. The molecule has 0 radical (unpaired) electrons. The van der Waals surface area contributed by atoms with E-state index in [1.54, 1.807) is 24.3 Å². The highest BCUT2D eigenvalue weighted by atomic mass is 32.2. The van der Waals surface area contributed by atoms with E-state index in [0.717, 1.165) is 48.5 Å². The smallest absolute Gasteiger partial charge is 0.307 e. The van der Waals surface area contributed by atoms with Crippen molar-refractivity contribution < 1.29 is 23.7 Å². The number of phenolic OH excluding ortho intramolecular Hbond substituents is 1. The van der Waals surface area contributed by atoms with Gasteiger partial charge in [-0.05, 0) is 60.4 Å². The van der Waals surface area contributed by atoms with Crippen LogP contribution in [0, 0.1) is 0 Å². The quantitative estimate of drug-likeness (QED) is 0.152. The van der Waals surface area contributed by atoms with Crippen LogP contribution in [0.25, 0.3) is 0 Å². The second-order valence-electron chi connectivity index (χ2n) is 10.0. The number of H-pyrrole nitrogens is 1. The van der Waals surface area contributed by atoms with Crippen molar-refractivity contribution in [2.45, 2.75) is 36.3 Å². The summed E-state index contributed by atoms with van der Waals surface area (Å²) in [6.45, 7) is 1.98. The van der Waals surface area contributed by atoms with Crippen LogP contribution in [0.4, 0.5) is 11.4 Å². The molecular weight excluding hydrogens is 564 g/mol. The predicted octanol–water partition coefficient (Wildman–Crippen LogP) is 3.53. The summed E-state index contributed by atoms with van der Waals surface area (Å²) in [6, 6.07) is 20.6. The van der Waals surface area contributed by atoms with E-state index in [2.05, 4.69) is 19.9 Å². The molecule has 1 fully saturated rings. The molecule has 0 aliphatic carbocycles. The molecule has 216 valence electrons. The van der Waals surface area contributed by atoms with Gasteiger partial charge in [-0.3, -0.25) is 14.5 Å². The van der Waals surface area contributed by atoms with E-state index in [0.29, 0.717) is 16.9 Å². The Hall–Kier alpha value is -3.84. The molecule has 1 aromatic heterocycles. The molecule has 0 saturated carbocycles. The van der Waals surface area contributed by atoms with Crippen molar-refractivity contribution in [1.29, 1.82) is 0 Å². The molecular formula is C29H32N4O6S2. The second-order valence-corrected chi connectivity index (χ2v) is 12.8. The van der Waals surface area contributed by atoms with Gasteiger partial charge in [0.2, 0.25) is 5.88 Å². The SMILES string of the molecule is O=c1[nH]c(O)c(Cc2ccc(N3CCC(NCC(O)c4ccc(O)c(NS(=O)(=O)c5ccccc5)c4)CC3)cc2)s1. The van der Waals surface area contributed by atoms with E-state index in [-0.39, 0.29) is 39.7 Å². The van der Waals surface area contributed by atoms with Crippen molar-refractivity contribution in [3.05, 3.63) is 98.5 Å². The number of nitrogens with zero attached hydrogens (tertiary/aromatic N) is 1. The molecule has 2 heterocycles. The molecule has 41 heavy (non-hydrogen) atoms. The number of aromatic hydroxyl groups is 2. The molecule has 6 N–H and O–H groups in total. The van der Waals surface area contributed by atoms with Gasteiger partial charge in [-0.2, -0.15) is 0 Å². The summed E-state index contributed by atoms with van der Waals surface area (Å²) in [7, 11) is -3.89. The molecule has 1 aliphatic rings. The second kappa shape index (κ2) is 12.4.